The highest BCUT2D eigenvalue weighted by molar-refractivity contribution is 6.04. The van der Waals surface area contributed by atoms with Crippen LogP contribution < -0.4 is 11.1 Å². The van der Waals surface area contributed by atoms with E-state index in [0.29, 0.717) is 22.4 Å². The summed E-state index contributed by atoms with van der Waals surface area (Å²) in [5.74, 6) is -3.16. The van der Waals surface area contributed by atoms with E-state index in [1.165, 1.54) is 25.0 Å². The molecule has 4 rings (SSSR count). The van der Waals surface area contributed by atoms with Crippen LogP contribution in [0.4, 0.5) is 4.39 Å². The Hall–Kier alpha value is -3.72. The number of hydrogen-bond acceptors (Lipinski definition) is 7. The first-order chi connectivity index (χ1) is 13.0. The van der Waals surface area contributed by atoms with Gasteiger partial charge in [-0.05, 0) is 18.2 Å². The Morgan fingerprint density at radius 3 is 2.81 bits per heavy atom. The van der Waals surface area contributed by atoms with E-state index in [4.69, 9.17) is 10.2 Å². The lowest BCUT2D eigenvalue weighted by Gasteiger charge is -2.21. The minimum atomic E-state index is -2.72. The molecule has 4 aromatic rings. The summed E-state index contributed by atoms with van der Waals surface area (Å²) in [4.78, 5) is 28.5. The Bertz CT molecular complexity index is 1110. The number of benzene rings is 1. The maximum absolute atomic E-state index is 15.1. The molecule has 0 spiro atoms. The van der Waals surface area contributed by atoms with Gasteiger partial charge < -0.3 is 9.73 Å². The van der Waals surface area contributed by atoms with E-state index in [1.807, 2.05) is 0 Å². The number of oxazole rings is 1. The Morgan fingerprint density at radius 1 is 1.15 bits per heavy atom. The van der Waals surface area contributed by atoms with Crippen LogP contribution in [0.3, 0.4) is 0 Å². The van der Waals surface area contributed by atoms with Crippen molar-refractivity contribution in [3.8, 4) is 11.5 Å². The number of carbonyl (C=O) groups excluding carboxylic acids is 1. The quantitative estimate of drug-likeness (QED) is 0.420. The number of carbonyl (C=O) groups is 1. The molecule has 1 aromatic carbocycles. The second kappa shape index (κ2) is 6.54. The molecule has 0 bridgehead atoms. The summed E-state index contributed by atoms with van der Waals surface area (Å²) >= 11 is 0. The van der Waals surface area contributed by atoms with Crippen LogP contribution in [0.5, 0.6) is 0 Å². The zero-order valence-corrected chi connectivity index (χ0v) is 13.8. The third-order valence-corrected chi connectivity index (χ3v) is 3.86. The number of nitrogens with zero attached hydrogens (tertiary/aromatic N) is 4. The first-order valence-corrected chi connectivity index (χ1v) is 7.91. The van der Waals surface area contributed by atoms with E-state index in [-0.39, 0.29) is 11.4 Å². The van der Waals surface area contributed by atoms with Crippen molar-refractivity contribution in [3.05, 3.63) is 72.8 Å². The number of rotatable bonds is 4. The molecule has 0 aliphatic heterocycles. The molecule has 3 heterocycles. The van der Waals surface area contributed by atoms with Gasteiger partial charge in [0.05, 0.1) is 11.7 Å². The molecular weight excluding hydrogens is 351 g/mol. The molecule has 0 fully saturated rings. The fraction of sp³-hybridized carbons (Fsp3) is 0.0556. The number of alkyl halides is 1. The largest absolute Gasteiger partial charge is 0.442 e. The highest BCUT2D eigenvalue weighted by atomic mass is 19.1. The molecule has 0 saturated carbocycles. The van der Waals surface area contributed by atoms with Crippen LogP contribution in [0, 0.1) is 0 Å². The lowest BCUT2D eigenvalue weighted by molar-refractivity contribution is 0.0698. The highest BCUT2D eigenvalue weighted by Gasteiger charge is 2.32. The van der Waals surface area contributed by atoms with Crippen LogP contribution >= 0.6 is 0 Å². The van der Waals surface area contributed by atoms with Crippen molar-refractivity contribution in [2.45, 2.75) is 5.92 Å². The van der Waals surface area contributed by atoms with Crippen molar-refractivity contribution in [1.29, 1.82) is 0 Å². The van der Waals surface area contributed by atoms with E-state index in [2.05, 4.69) is 25.3 Å². The zero-order valence-electron chi connectivity index (χ0n) is 13.8. The van der Waals surface area contributed by atoms with Gasteiger partial charge in [-0.1, -0.05) is 24.3 Å². The normalized spacial score (nSPS) is 13.3. The topological polar surface area (TPSA) is 120 Å². The number of para-hydroxylation sites is 1. The van der Waals surface area contributed by atoms with Gasteiger partial charge in [-0.2, -0.15) is 4.39 Å². The number of aromatic nitrogens is 4. The lowest BCUT2D eigenvalue weighted by atomic mass is 10.1. The molecular formula is C18H13FN6O2. The molecule has 27 heavy (non-hydrogen) atoms. The van der Waals surface area contributed by atoms with Crippen LogP contribution in [0.2, 0.25) is 0 Å². The maximum atomic E-state index is 15.1. The molecule has 0 aliphatic rings. The van der Waals surface area contributed by atoms with Crippen molar-refractivity contribution in [2.24, 2.45) is 5.73 Å². The van der Waals surface area contributed by atoms with Gasteiger partial charge in [0, 0.05) is 5.39 Å². The number of hydrogen-bond donors (Lipinski definition) is 2. The first-order valence-electron chi connectivity index (χ1n) is 7.91. The van der Waals surface area contributed by atoms with E-state index >= 15 is 4.39 Å². The van der Waals surface area contributed by atoms with Crippen LogP contribution in [0.15, 0.2) is 65.8 Å². The summed E-state index contributed by atoms with van der Waals surface area (Å²) in [5, 5.41) is 2.61. The number of halogens is 1. The summed E-state index contributed by atoms with van der Waals surface area (Å²) in [6, 6.07) is 11.4. The number of amides is 1. The Morgan fingerprint density at radius 2 is 2.00 bits per heavy atom. The predicted octanol–water partition coefficient (Wildman–Crippen LogP) is 2.15. The van der Waals surface area contributed by atoms with Crippen molar-refractivity contribution in [3.63, 3.8) is 0 Å². The van der Waals surface area contributed by atoms with E-state index in [1.54, 1.807) is 36.4 Å². The van der Waals surface area contributed by atoms with Gasteiger partial charge in [0.15, 0.2) is 12.2 Å². The number of pyridine rings is 1. The molecule has 3 N–H and O–H groups in total. The van der Waals surface area contributed by atoms with Crippen molar-refractivity contribution < 1.29 is 13.6 Å². The van der Waals surface area contributed by atoms with E-state index in [9.17, 15) is 4.79 Å². The van der Waals surface area contributed by atoms with Crippen molar-refractivity contribution >= 4 is 16.8 Å². The van der Waals surface area contributed by atoms with Crippen molar-refractivity contribution in [2.75, 3.05) is 0 Å². The fourth-order valence-corrected chi connectivity index (χ4v) is 2.59. The van der Waals surface area contributed by atoms with Gasteiger partial charge in [-0.25, -0.2) is 19.9 Å². The lowest BCUT2D eigenvalue weighted by Crippen LogP contribution is -2.50. The van der Waals surface area contributed by atoms with Gasteiger partial charge >= 0.3 is 0 Å². The van der Waals surface area contributed by atoms with Crippen LogP contribution in [0.25, 0.3) is 22.4 Å². The molecule has 9 heteroatoms. The first kappa shape index (κ1) is 16.7. The molecule has 1 atom stereocenters. The standard InChI is InChI=1S/C18H13FN6O2/c19-18(20,15-7-3-6-13(24-15)14-8-21-10-27-14)25-17(26)16-11-4-1-2-5-12(11)22-9-23-16/h1-10H,20H2,(H,25,26). The molecule has 1 amide bonds. The van der Waals surface area contributed by atoms with Gasteiger partial charge in [-0.15, -0.1) is 0 Å². The van der Waals surface area contributed by atoms with Crippen LogP contribution in [-0.4, -0.2) is 25.8 Å². The summed E-state index contributed by atoms with van der Waals surface area (Å²) < 4.78 is 20.2. The average Bonchev–Trinajstić information content (AvgIpc) is 3.22. The smallest absolute Gasteiger partial charge is 0.279 e. The minimum absolute atomic E-state index is 0.0134. The molecule has 8 nitrogen and oxygen atoms in total. The second-order valence-electron chi connectivity index (χ2n) is 5.68. The third-order valence-electron chi connectivity index (χ3n) is 3.86. The van der Waals surface area contributed by atoms with Gasteiger partial charge in [0.2, 0.25) is 0 Å². The Labute approximate surface area is 152 Å². The van der Waals surface area contributed by atoms with E-state index < -0.39 is 11.8 Å². The second-order valence-corrected chi connectivity index (χ2v) is 5.68. The van der Waals surface area contributed by atoms with Crippen molar-refractivity contribution in [1.82, 2.24) is 25.3 Å². The molecule has 3 aromatic heterocycles. The summed E-state index contributed by atoms with van der Waals surface area (Å²) in [7, 11) is 0. The number of nitrogens with two attached hydrogens (primary N) is 1. The minimum Gasteiger partial charge on any atom is -0.442 e. The fourth-order valence-electron chi connectivity index (χ4n) is 2.59. The zero-order chi connectivity index (χ0) is 18.9. The highest BCUT2D eigenvalue weighted by Crippen LogP contribution is 2.22. The summed E-state index contributed by atoms with van der Waals surface area (Å²) in [5.41, 5.74) is 6.41. The van der Waals surface area contributed by atoms with Gasteiger partial charge in [0.25, 0.3) is 11.8 Å². The maximum Gasteiger partial charge on any atom is 0.279 e. The molecule has 0 radical (unpaired) electrons. The third kappa shape index (κ3) is 3.23. The monoisotopic (exact) mass is 364 g/mol. The number of nitrogens with one attached hydrogen (secondary N) is 1. The van der Waals surface area contributed by atoms with E-state index in [0.717, 1.165) is 0 Å². The summed E-state index contributed by atoms with van der Waals surface area (Å²) in [6.45, 7) is 0. The average molecular weight is 364 g/mol. The SMILES string of the molecule is NC(F)(NC(=O)c1ncnc2ccccc12)c1cccc(-c2cnco2)n1. The Balaban J connectivity index is 1.65. The molecule has 0 saturated heterocycles. The Kier molecular flexibility index (Phi) is 4.05. The van der Waals surface area contributed by atoms with Crippen LogP contribution in [-0.2, 0) is 5.92 Å². The predicted molar refractivity (Wildman–Crippen MR) is 93.7 cm³/mol. The van der Waals surface area contributed by atoms with Gasteiger partial charge in [0.1, 0.15) is 23.4 Å². The molecule has 1 unspecified atom stereocenters. The number of fused-ring (bicyclic) bond motifs is 1. The van der Waals surface area contributed by atoms with Gasteiger partial charge in [-0.3, -0.25) is 10.5 Å². The van der Waals surface area contributed by atoms with Crippen LogP contribution in [0.1, 0.15) is 16.2 Å². The molecule has 0 aliphatic carbocycles. The summed E-state index contributed by atoms with van der Waals surface area (Å²) in [6.07, 6.45) is 3.90. The molecule has 134 valence electrons.